The first-order valence-corrected chi connectivity index (χ1v) is 7.49. The Morgan fingerprint density at radius 3 is 2.38 bits per heavy atom. The lowest BCUT2D eigenvalue weighted by Gasteiger charge is -2.11. The van der Waals surface area contributed by atoms with Gasteiger partial charge in [-0.3, -0.25) is 4.72 Å². The Labute approximate surface area is 121 Å². The number of benzene rings is 2. The van der Waals surface area contributed by atoms with Crippen LogP contribution in [-0.4, -0.2) is 19.3 Å². The number of para-hydroxylation sites is 1. The molecule has 2 rings (SSSR count). The second-order valence-electron chi connectivity index (χ2n) is 4.29. The lowest BCUT2D eigenvalue weighted by Crippen LogP contribution is -2.15. The molecule has 7 heteroatoms. The molecule has 2 aromatic carbocycles. The zero-order valence-corrected chi connectivity index (χ0v) is 11.9. The number of rotatable bonds is 4. The average molecular weight is 308 g/mol. The van der Waals surface area contributed by atoms with Crippen LogP contribution in [0.25, 0.3) is 0 Å². The van der Waals surface area contributed by atoms with Gasteiger partial charge < -0.3 is 5.21 Å². The molecule has 0 aliphatic carbocycles. The van der Waals surface area contributed by atoms with Gasteiger partial charge in [0.25, 0.3) is 10.0 Å². The predicted molar refractivity (Wildman–Crippen MR) is 77.6 cm³/mol. The number of halogens is 1. The van der Waals surface area contributed by atoms with Gasteiger partial charge in [0.1, 0.15) is 5.82 Å². The maximum absolute atomic E-state index is 12.9. The van der Waals surface area contributed by atoms with Crippen LogP contribution in [0.5, 0.6) is 0 Å². The van der Waals surface area contributed by atoms with Crippen LogP contribution in [0, 0.1) is 5.82 Å². The highest BCUT2D eigenvalue weighted by Gasteiger charge is 2.16. The molecule has 0 saturated heterocycles. The van der Waals surface area contributed by atoms with Crippen molar-refractivity contribution in [3.05, 3.63) is 59.9 Å². The van der Waals surface area contributed by atoms with Crippen molar-refractivity contribution in [3.8, 4) is 0 Å². The van der Waals surface area contributed by atoms with Crippen LogP contribution in [-0.2, 0) is 10.0 Å². The van der Waals surface area contributed by atoms with E-state index in [-0.39, 0.29) is 16.3 Å². The average Bonchev–Trinajstić information content (AvgIpc) is 2.47. The van der Waals surface area contributed by atoms with Crippen molar-refractivity contribution < 1.29 is 18.0 Å². The van der Waals surface area contributed by atoms with Crippen LogP contribution >= 0.6 is 0 Å². The molecular weight excluding hydrogens is 295 g/mol. The van der Waals surface area contributed by atoms with Crippen molar-refractivity contribution >= 4 is 21.4 Å². The van der Waals surface area contributed by atoms with Crippen molar-refractivity contribution in [2.24, 2.45) is 5.16 Å². The van der Waals surface area contributed by atoms with Gasteiger partial charge in [0, 0.05) is 5.56 Å². The summed E-state index contributed by atoms with van der Waals surface area (Å²) in [5, 5.41) is 11.9. The Bertz CT molecular complexity index is 771. The fourth-order valence-electron chi connectivity index (χ4n) is 1.76. The molecule has 21 heavy (non-hydrogen) atoms. The standard InChI is InChI=1S/C14H13FN2O3S/c1-10(16-18)13-4-2-3-5-14(13)17-21(19,20)12-8-6-11(15)7-9-12/h2-9,17-18H,1H3/b16-10+. The van der Waals surface area contributed by atoms with Gasteiger partial charge in [0.15, 0.2) is 0 Å². The summed E-state index contributed by atoms with van der Waals surface area (Å²) in [6.45, 7) is 1.55. The lowest BCUT2D eigenvalue weighted by atomic mass is 10.1. The van der Waals surface area contributed by atoms with E-state index in [2.05, 4.69) is 9.88 Å². The Morgan fingerprint density at radius 2 is 1.76 bits per heavy atom. The Kier molecular flexibility index (Phi) is 4.23. The monoisotopic (exact) mass is 308 g/mol. The number of nitrogens with one attached hydrogen (secondary N) is 1. The quantitative estimate of drug-likeness (QED) is 0.518. The topological polar surface area (TPSA) is 78.8 Å². The second-order valence-corrected chi connectivity index (χ2v) is 5.97. The SMILES string of the molecule is C/C(=N\O)c1ccccc1NS(=O)(=O)c1ccc(F)cc1. The molecular formula is C14H13FN2O3S. The fraction of sp³-hybridized carbons (Fsp3) is 0.0714. The van der Waals surface area contributed by atoms with E-state index in [1.54, 1.807) is 31.2 Å². The third kappa shape index (κ3) is 3.38. The van der Waals surface area contributed by atoms with Crippen molar-refractivity contribution in [2.45, 2.75) is 11.8 Å². The summed E-state index contributed by atoms with van der Waals surface area (Å²) in [6, 6.07) is 11.0. The molecule has 0 fully saturated rings. The summed E-state index contributed by atoms with van der Waals surface area (Å²) in [6.07, 6.45) is 0. The maximum Gasteiger partial charge on any atom is 0.261 e. The summed E-state index contributed by atoms with van der Waals surface area (Å²) >= 11 is 0. The first kappa shape index (κ1) is 15.0. The Morgan fingerprint density at radius 1 is 1.14 bits per heavy atom. The molecule has 0 atom stereocenters. The Hall–Kier alpha value is -2.41. The largest absolute Gasteiger partial charge is 0.411 e. The number of hydrogen-bond donors (Lipinski definition) is 2. The summed E-state index contributed by atoms with van der Waals surface area (Å²) in [5.41, 5.74) is 0.996. The third-order valence-corrected chi connectivity index (χ3v) is 4.22. The predicted octanol–water partition coefficient (Wildman–Crippen LogP) is 2.82. The highest BCUT2D eigenvalue weighted by Crippen LogP contribution is 2.21. The van der Waals surface area contributed by atoms with Crippen LogP contribution in [0.1, 0.15) is 12.5 Å². The van der Waals surface area contributed by atoms with E-state index in [1.807, 2.05) is 0 Å². The number of nitrogens with zero attached hydrogens (tertiary/aromatic N) is 1. The molecule has 0 heterocycles. The lowest BCUT2D eigenvalue weighted by molar-refractivity contribution is 0.319. The minimum Gasteiger partial charge on any atom is -0.411 e. The van der Waals surface area contributed by atoms with Crippen molar-refractivity contribution in [2.75, 3.05) is 4.72 Å². The van der Waals surface area contributed by atoms with E-state index in [0.29, 0.717) is 5.56 Å². The van der Waals surface area contributed by atoms with Crippen LogP contribution < -0.4 is 4.72 Å². The Balaban J connectivity index is 2.40. The van der Waals surface area contributed by atoms with Gasteiger partial charge in [0.05, 0.1) is 16.3 Å². The molecule has 0 amide bonds. The molecule has 2 aromatic rings. The van der Waals surface area contributed by atoms with Gasteiger partial charge in [0.2, 0.25) is 0 Å². The first-order chi connectivity index (χ1) is 9.94. The summed E-state index contributed by atoms with van der Waals surface area (Å²) in [7, 11) is -3.85. The van der Waals surface area contributed by atoms with Gasteiger partial charge in [-0.05, 0) is 37.3 Å². The number of sulfonamides is 1. The van der Waals surface area contributed by atoms with E-state index >= 15 is 0 Å². The highest BCUT2D eigenvalue weighted by atomic mass is 32.2. The molecule has 0 spiro atoms. The van der Waals surface area contributed by atoms with E-state index in [1.165, 1.54) is 12.1 Å². The summed E-state index contributed by atoms with van der Waals surface area (Å²) < 4.78 is 39.7. The second kappa shape index (κ2) is 5.92. The molecule has 110 valence electrons. The molecule has 5 nitrogen and oxygen atoms in total. The van der Waals surface area contributed by atoms with Crippen LogP contribution in [0.2, 0.25) is 0 Å². The molecule has 0 aromatic heterocycles. The van der Waals surface area contributed by atoms with Crippen LogP contribution in [0.4, 0.5) is 10.1 Å². The molecule has 0 aliphatic rings. The number of anilines is 1. The molecule has 0 saturated carbocycles. The normalized spacial score (nSPS) is 12.2. The van der Waals surface area contributed by atoms with Crippen molar-refractivity contribution in [1.82, 2.24) is 0 Å². The zero-order chi connectivity index (χ0) is 15.5. The van der Waals surface area contributed by atoms with Crippen LogP contribution in [0.15, 0.2) is 58.6 Å². The van der Waals surface area contributed by atoms with Crippen molar-refractivity contribution in [1.29, 1.82) is 0 Å². The van der Waals surface area contributed by atoms with Gasteiger partial charge >= 0.3 is 0 Å². The van der Waals surface area contributed by atoms with Gasteiger partial charge in [-0.25, -0.2) is 12.8 Å². The molecule has 0 aliphatic heterocycles. The highest BCUT2D eigenvalue weighted by molar-refractivity contribution is 7.92. The summed E-state index contributed by atoms with van der Waals surface area (Å²) in [5.74, 6) is -0.516. The van der Waals surface area contributed by atoms with E-state index in [9.17, 15) is 12.8 Å². The third-order valence-electron chi connectivity index (χ3n) is 2.84. The van der Waals surface area contributed by atoms with Gasteiger partial charge in [-0.15, -0.1) is 0 Å². The molecule has 0 radical (unpaired) electrons. The van der Waals surface area contributed by atoms with E-state index < -0.39 is 15.8 Å². The van der Waals surface area contributed by atoms with Gasteiger partial charge in [-0.1, -0.05) is 23.4 Å². The minimum atomic E-state index is -3.85. The van der Waals surface area contributed by atoms with E-state index in [4.69, 9.17) is 5.21 Å². The van der Waals surface area contributed by atoms with E-state index in [0.717, 1.165) is 12.1 Å². The molecule has 0 bridgehead atoms. The molecule has 2 N–H and O–H groups in total. The fourth-order valence-corrected chi connectivity index (χ4v) is 2.84. The van der Waals surface area contributed by atoms with Crippen LogP contribution in [0.3, 0.4) is 0 Å². The first-order valence-electron chi connectivity index (χ1n) is 6.00. The minimum absolute atomic E-state index is 0.0581. The smallest absolute Gasteiger partial charge is 0.261 e. The van der Waals surface area contributed by atoms with Crippen molar-refractivity contribution in [3.63, 3.8) is 0 Å². The number of oxime groups is 1. The zero-order valence-electron chi connectivity index (χ0n) is 11.1. The molecule has 0 unspecified atom stereocenters. The van der Waals surface area contributed by atoms with Gasteiger partial charge in [-0.2, -0.15) is 0 Å². The number of hydrogen-bond acceptors (Lipinski definition) is 4. The summed E-state index contributed by atoms with van der Waals surface area (Å²) in [4.78, 5) is -0.0581. The maximum atomic E-state index is 12.9.